The maximum Gasteiger partial charge on any atom is 0.238 e. The summed E-state index contributed by atoms with van der Waals surface area (Å²) in [5, 5.41) is 4.88. The van der Waals surface area contributed by atoms with E-state index in [9.17, 15) is 12.8 Å². The summed E-state index contributed by atoms with van der Waals surface area (Å²) in [4.78, 5) is 0.117. The van der Waals surface area contributed by atoms with Crippen LogP contribution in [0.25, 0.3) is 0 Å². The zero-order valence-corrected chi connectivity index (χ0v) is 12.2. The van der Waals surface area contributed by atoms with Crippen molar-refractivity contribution in [3.8, 4) is 0 Å². The van der Waals surface area contributed by atoms with Crippen LogP contribution < -0.4 is 10.9 Å². The van der Waals surface area contributed by atoms with Gasteiger partial charge in [-0.2, -0.15) is 0 Å². The standard InChI is InChI=1S/C6H6BrNO2S.C6H6FN/c7-5-2-1-3-6(4-5)11(8,9)10;7-5-1-3-6(8)4-2-5/h1-4H,(H2,8,9,10);1-4H,8H2. The predicted octanol–water partition coefficient (Wildman–Crippen LogP) is 2.50. The molecule has 2 aromatic rings. The van der Waals surface area contributed by atoms with Gasteiger partial charge >= 0.3 is 0 Å². The Balaban J connectivity index is 0.000000200. The van der Waals surface area contributed by atoms with Gasteiger partial charge in [-0.05, 0) is 42.5 Å². The monoisotopic (exact) mass is 346 g/mol. The third-order valence-electron chi connectivity index (χ3n) is 1.99. The van der Waals surface area contributed by atoms with Gasteiger partial charge in [0.05, 0.1) is 4.90 Å². The van der Waals surface area contributed by atoms with Crippen molar-refractivity contribution in [2.75, 3.05) is 5.73 Å². The lowest BCUT2D eigenvalue weighted by molar-refractivity contribution is 0.597. The first kappa shape index (κ1) is 15.6. The number of rotatable bonds is 1. The number of halogens is 2. The van der Waals surface area contributed by atoms with Crippen LogP contribution in [0, 0.1) is 5.82 Å². The molecule has 0 aliphatic carbocycles. The summed E-state index contributed by atoms with van der Waals surface area (Å²) in [5.41, 5.74) is 5.85. The minimum Gasteiger partial charge on any atom is -0.399 e. The van der Waals surface area contributed by atoms with Crippen LogP contribution >= 0.6 is 15.9 Å². The molecular weight excluding hydrogens is 335 g/mol. The second-order valence-corrected chi connectivity index (χ2v) is 6.03. The molecule has 19 heavy (non-hydrogen) atoms. The van der Waals surface area contributed by atoms with Crippen LogP contribution in [0.3, 0.4) is 0 Å². The van der Waals surface area contributed by atoms with E-state index in [1.165, 1.54) is 36.4 Å². The van der Waals surface area contributed by atoms with Gasteiger partial charge in [0, 0.05) is 10.2 Å². The Labute approximate surface area is 119 Å². The molecule has 0 spiro atoms. The van der Waals surface area contributed by atoms with E-state index < -0.39 is 10.0 Å². The van der Waals surface area contributed by atoms with Crippen LogP contribution in [0.15, 0.2) is 57.9 Å². The van der Waals surface area contributed by atoms with Crippen LogP contribution in [0.4, 0.5) is 10.1 Å². The number of benzene rings is 2. The molecule has 0 amide bonds. The van der Waals surface area contributed by atoms with E-state index in [2.05, 4.69) is 15.9 Å². The highest BCUT2D eigenvalue weighted by Gasteiger charge is 2.05. The third-order valence-corrected chi connectivity index (χ3v) is 3.40. The van der Waals surface area contributed by atoms with Crippen molar-refractivity contribution < 1.29 is 12.8 Å². The van der Waals surface area contributed by atoms with Crippen molar-refractivity contribution in [3.05, 3.63) is 58.8 Å². The van der Waals surface area contributed by atoms with E-state index in [-0.39, 0.29) is 10.7 Å². The summed E-state index contributed by atoms with van der Waals surface area (Å²) in [7, 11) is -3.56. The quantitative estimate of drug-likeness (QED) is 0.777. The molecule has 0 aliphatic heterocycles. The van der Waals surface area contributed by atoms with Gasteiger partial charge in [-0.15, -0.1) is 0 Å². The van der Waals surface area contributed by atoms with E-state index in [0.29, 0.717) is 10.2 Å². The highest BCUT2D eigenvalue weighted by atomic mass is 79.9. The fourth-order valence-corrected chi connectivity index (χ4v) is 2.22. The summed E-state index contributed by atoms with van der Waals surface area (Å²) in [6.07, 6.45) is 0. The first-order valence-corrected chi connectivity index (χ1v) is 7.42. The molecule has 7 heteroatoms. The van der Waals surface area contributed by atoms with Gasteiger partial charge in [-0.1, -0.05) is 22.0 Å². The highest BCUT2D eigenvalue weighted by molar-refractivity contribution is 9.10. The molecule has 0 fully saturated rings. The molecule has 0 heterocycles. The summed E-state index contributed by atoms with van der Waals surface area (Å²) in [5.74, 6) is -0.251. The molecule has 2 rings (SSSR count). The highest BCUT2D eigenvalue weighted by Crippen LogP contribution is 2.14. The molecule has 0 saturated heterocycles. The van der Waals surface area contributed by atoms with Crippen LogP contribution in [-0.4, -0.2) is 8.42 Å². The van der Waals surface area contributed by atoms with E-state index in [1.54, 1.807) is 12.1 Å². The molecule has 0 radical (unpaired) electrons. The molecule has 4 nitrogen and oxygen atoms in total. The molecular formula is C12H12BrFN2O2S. The molecule has 102 valence electrons. The molecule has 0 bridgehead atoms. The van der Waals surface area contributed by atoms with Crippen LogP contribution in [-0.2, 0) is 10.0 Å². The smallest absolute Gasteiger partial charge is 0.238 e. The first-order valence-electron chi connectivity index (χ1n) is 5.08. The maximum absolute atomic E-state index is 12.0. The number of primary sulfonamides is 1. The minimum atomic E-state index is -3.56. The molecule has 0 saturated carbocycles. The van der Waals surface area contributed by atoms with Crippen molar-refractivity contribution >= 4 is 31.6 Å². The van der Waals surface area contributed by atoms with Gasteiger partial charge in [-0.25, -0.2) is 17.9 Å². The predicted molar refractivity (Wildman–Crippen MR) is 76.3 cm³/mol. The largest absolute Gasteiger partial charge is 0.399 e. The van der Waals surface area contributed by atoms with Crippen LogP contribution in [0.2, 0.25) is 0 Å². The Morgan fingerprint density at radius 2 is 1.63 bits per heavy atom. The summed E-state index contributed by atoms with van der Waals surface area (Å²) < 4.78 is 34.2. The van der Waals surface area contributed by atoms with Gasteiger partial charge in [0.1, 0.15) is 5.82 Å². The number of hydrogen-bond donors (Lipinski definition) is 2. The molecule has 0 atom stereocenters. The van der Waals surface area contributed by atoms with E-state index in [0.717, 1.165) is 0 Å². The SMILES string of the molecule is NS(=O)(=O)c1cccc(Br)c1.Nc1ccc(F)cc1. The first-order chi connectivity index (χ1) is 8.79. The van der Waals surface area contributed by atoms with Gasteiger partial charge in [0.2, 0.25) is 10.0 Å². The fraction of sp³-hybridized carbons (Fsp3) is 0. The number of sulfonamides is 1. The Bertz CT molecular complexity index is 624. The fourth-order valence-electron chi connectivity index (χ4n) is 1.11. The van der Waals surface area contributed by atoms with Gasteiger partial charge < -0.3 is 5.73 Å². The third kappa shape index (κ3) is 5.82. The van der Waals surface area contributed by atoms with Crippen LogP contribution in [0.1, 0.15) is 0 Å². The normalized spacial score (nSPS) is 10.5. The van der Waals surface area contributed by atoms with Crippen molar-refractivity contribution in [1.29, 1.82) is 0 Å². The molecule has 0 aromatic heterocycles. The Morgan fingerprint density at radius 3 is 2.00 bits per heavy atom. The number of hydrogen-bond acceptors (Lipinski definition) is 3. The summed E-state index contributed by atoms with van der Waals surface area (Å²) >= 11 is 3.13. The van der Waals surface area contributed by atoms with Gasteiger partial charge in [-0.3, -0.25) is 0 Å². The average Bonchev–Trinajstić information content (AvgIpc) is 2.33. The minimum absolute atomic E-state index is 0.117. The Hall–Kier alpha value is -1.44. The number of nitrogen functional groups attached to an aromatic ring is 1. The molecule has 0 unspecified atom stereocenters. The lowest BCUT2D eigenvalue weighted by atomic mass is 10.3. The van der Waals surface area contributed by atoms with Crippen molar-refractivity contribution in [3.63, 3.8) is 0 Å². The summed E-state index contributed by atoms with van der Waals surface area (Å²) in [6.45, 7) is 0. The lowest BCUT2D eigenvalue weighted by Gasteiger charge is -1.96. The molecule has 4 N–H and O–H groups in total. The summed E-state index contributed by atoms with van der Waals surface area (Å²) in [6, 6.07) is 11.9. The Kier molecular flexibility index (Phi) is 5.46. The van der Waals surface area contributed by atoms with Crippen molar-refractivity contribution in [1.82, 2.24) is 0 Å². The number of anilines is 1. The van der Waals surface area contributed by atoms with E-state index >= 15 is 0 Å². The topological polar surface area (TPSA) is 86.2 Å². The Morgan fingerprint density at radius 1 is 1.05 bits per heavy atom. The second kappa shape index (κ2) is 6.65. The maximum atomic E-state index is 12.0. The average molecular weight is 347 g/mol. The second-order valence-electron chi connectivity index (χ2n) is 3.55. The van der Waals surface area contributed by atoms with Gasteiger partial charge in [0.25, 0.3) is 0 Å². The van der Waals surface area contributed by atoms with Gasteiger partial charge in [0.15, 0.2) is 0 Å². The zero-order valence-electron chi connectivity index (χ0n) is 9.75. The lowest BCUT2D eigenvalue weighted by Crippen LogP contribution is -2.11. The van der Waals surface area contributed by atoms with Crippen molar-refractivity contribution in [2.45, 2.75) is 4.90 Å². The van der Waals surface area contributed by atoms with Crippen molar-refractivity contribution in [2.24, 2.45) is 5.14 Å². The molecule has 0 aliphatic rings. The van der Waals surface area contributed by atoms with E-state index in [4.69, 9.17) is 10.9 Å². The molecule has 2 aromatic carbocycles. The zero-order chi connectivity index (χ0) is 14.5. The number of nitrogens with two attached hydrogens (primary N) is 2. The van der Waals surface area contributed by atoms with E-state index in [1.807, 2.05) is 0 Å². The van der Waals surface area contributed by atoms with Crippen LogP contribution in [0.5, 0.6) is 0 Å².